The van der Waals surface area contributed by atoms with Gasteiger partial charge < -0.3 is 0 Å². The molecule has 12 heteroatoms. The predicted octanol–water partition coefficient (Wildman–Crippen LogP) is 16.5. The van der Waals surface area contributed by atoms with E-state index in [2.05, 4.69) is 27.7 Å². The average molecular weight is 1160 g/mol. The van der Waals surface area contributed by atoms with Crippen LogP contribution >= 0.6 is 0 Å². The van der Waals surface area contributed by atoms with Crippen LogP contribution in [0.15, 0.2) is 198 Å². The molecule has 0 saturated heterocycles. The van der Waals surface area contributed by atoms with Gasteiger partial charge in [0, 0.05) is 0 Å². The number of hydrogen-bond donors (Lipinski definition) is 0. The van der Waals surface area contributed by atoms with E-state index in [9.17, 15) is 33.7 Å². The molecule has 0 saturated carbocycles. The van der Waals surface area contributed by atoms with E-state index < -0.39 is 60.3 Å². The van der Waals surface area contributed by atoms with Crippen molar-refractivity contribution in [1.82, 2.24) is 0 Å². The number of rotatable bonds is 22. The van der Waals surface area contributed by atoms with Crippen molar-refractivity contribution in [2.24, 2.45) is 10.8 Å². The molecule has 0 heterocycles. The van der Waals surface area contributed by atoms with Crippen LogP contribution in [0.2, 0.25) is 0 Å². The highest BCUT2D eigenvalue weighted by molar-refractivity contribution is 7.93. The summed E-state index contributed by atoms with van der Waals surface area (Å²) in [4.78, 5) is 0.864. The van der Waals surface area contributed by atoms with Crippen molar-refractivity contribution in [1.29, 1.82) is 0 Å². The molecule has 0 radical (unpaired) electrons. The second-order valence-corrected chi connectivity index (χ2v) is 33.2. The van der Waals surface area contributed by atoms with Crippen LogP contribution in [0.3, 0.4) is 0 Å². The lowest BCUT2D eigenvalue weighted by Crippen LogP contribution is -2.35. The van der Waals surface area contributed by atoms with Gasteiger partial charge in [-0.05, 0) is 204 Å². The second kappa shape index (κ2) is 26.0. The Morgan fingerprint density at radius 2 is 0.662 bits per heavy atom. The molecule has 0 fully saturated rings. The maximum atomic E-state index is 14.8. The summed E-state index contributed by atoms with van der Waals surface area (Å²) in [7, 11) is -15.7. The predicted molar refractivity (Wildman–Crippen MR) is 332 cm³/mol. The van der Waals surface area contributed by atoms with Crippen molar-refractivity contribution < 1.29 is 33.7 Å². The molecule has 432 valence electrons. The number of hydrogen-bond acceptors (Lipinski definition) is 8. The Bertz CT molecular complexity index is 3330. The molecule has 4 atom stereocenters. The van der Waals surface area contributed by atoms with E-state index in [1.165, 1.54) is 0 Å². The number of sulfone groups is 4. The van der Waals surface area contributed by atoms with Gasteiger partial charge in [-0.15, -0.1) is 0 Å². The molecular weight excluding hydrogens is 1070 g/mol. The lowest BCUT2D eigenvalue weighted by molar-refractivity contribution is 0.353. The van der Waals surface area contributed by atoms with Crippen LogP contribution in [0.25, 0.3) is 0 Å². The first kappa shape index (κ1) is 64.0. The minimum Gasteiger partial charge on any atom is -0.223 e. The highest BCUT2D eigenvalue weighted by atomic mass is 32.2. The van der Waals surface area contributed by atoms with Gasteiger partial charge in [0.15, 0.2) is 39.3 Å². The van der Waals surface area contributed by atoms with Gasteiger partial charge >= 0.3 is 0 Å². The van der Waals surface area contributed by atoms with Gasteiger partial charge in [-0.2, -0.15) is 0 Å². The van der Waals surface area contributed by atoms with Crippen molar-refractivity contribution in [3.05, 3.63) is 200 Å². The van der Waals surface area contributed by atoms with Crippen LogP contribution in [0.5, 0.6) is 0 Å². The van der Waals surface area contributed by atoms with Crippen molar-refractivity contribution >= 4 is 39.3 Å². The molecule has 0 bridgehead atoms. The monoisotopic (exact) mass is 1160 g/mol. The molecule has 0 spiro atoms. The molecule has 0 aliphatic heterocycles. The Hall–Kier alpha value is -5.14. The van der Waals surface area contributed by atoms with Gasteiger partial charge in [-0.1, -0.05) is 168 Å². The molecule has 2 aliphatic rings. The minimum absolute atomic E-state index is 0.136. The maximum absolute atomic E-state index is 14.8. The van der Waals surface area contributed by atoms with Crippen molar-refractivity contribution in [2.75, 3.05) is 0 Å². The molecule has 6 rings (SSSR count). The van der Waals surface area contributed by atoms with Gasteiger partial charge in [-0.3, -0.25) is 0 Å². The van der Waals surface area contributed by atoms with Crippen LogP contribution < -0.4 is 0 Å². The smallest absolute Gasteiger partial charge is 0.185 e. The zero-order chi connectivity index (χ0) is 59.2. The topological polar surface area (TPSA) is 137 Å². The summed E-state index contributed by atoms with van der Waals surface area (Å²) in [6, 6.07) is 27.6. The van der Waals surface area contributed by atoms with E-state index in [0.29, 0.717) is 11.1 Å². The zero-order valence-electron chi connectivity index (χ0n) is 50.0. The number of benzene rings is 4. The van der Waals surface area contributed by atoms with Gasteiger partial charge in [0.1, 0.15) is 0 Å². The van der Waals surface area contributed by atoms with Gasteiger partial charge in [0.25, 0.3) is 0 Å². The molecule has 4 aromatic carbocycles. The van der Waals surface area contributed by atoms with E-state index in [1.54, 1.807) is 84.9 Å². The van der Waals surface area contributed by atoms with Crippen molar-refractivity contribution in [3.8, 4) is 0 Å². The highest BCUT2D eigenvalue weighted by Gasteiger charge is 2.43. The van der Waals surface area contributed by atoms with Crippen LogP contribution in [0.1, 0.15) is 156 Å². The normalized spacial score (nSPS) is 18.8. The standard InChI is InChI=1S/C68H88O8S4/c1-47-23-31-57(32-24-47)77(69,70)61(43-53(7)45-63(65-55(9)21-17-39-67(65,11)12)79(73,74)59-35-27-49(3)28-36-59)41-51(5)19-15-16-20-52(6)42-62(78(71,72)58-33-25-48(2)26-34-58)44-54(8)46-64(66-56(10)22-18-40-68(66,13)14)80(75,76)60-37-29-50(4)30-38-60/h15-16,19-20,23-38,43-44,61-64H,17-18,21-22,39-42,45-46H2,1-14H3/b16-15+,51-19+,52-20+,53-43+,54-44+. The lowest BCUT2D eigenvalue weighted by Gasteiger charge is -2.39. The molecular formula is C68H88O8S4. The summed E-state index contributed by atoms with van der Waals surface area (Å²) >= 11 is 0. The molecule has 0 N–H and O–H groups in total. The molecule has 2 aliphatic carbocycles. The molecule has 0 aromatic heterocycles. The first-order chi connectivity index (χ1) is 37.3. The van der Waals surface area contributed by atoms with Crippen molar-refractivity contribution in [3.63, 3.8) is 0 Å². The summed E-state index contributed by atoms with van der Waals surface area (Å²) in [5, 5.41) is -3.79. The third-order valence-electron chi connectivity index (χ3n) is 16.5. The first-order valence-corrected chi connectivity index (χ1v) is 34.4. The third kappa shape index (κ3) is 15.5. The largest absolute Gasteiger partial charge is 0.223 e. The van der Waals surface area contributed by atoms with Gasteiger partial charge in [-0.25, -0.2) is 33.7 Å². The maximum Gasteiger partial charge on any atom is 0.185 e. The minimum atomic E-state index is -3.96. The molecule has 4 aromatic rings. The molecule has 8 nitrogen and oxygen atoms in total. The van der Waals surface area contributed by atoms with Crippen LogP contribution in [0.4, 0.5) is 0 Å². The first-order valence-electron chi connectivity index (χ1n) is 28.2. The fourth-order valence-electron chi connectivity index (χ4n) is 12.1. The van der Waals surface area contributed by atoms with E-state index in [0.717, 1.165) is 94.2 Å². The molecule has 0 amide bonds. The summed E-state index contributed by atoms with van der Waals surface area (Å²) in [5.41, 5.74) is 9.87. The fourth-order valence-corrected chi connectivity index (χ4v) is 19.9. The Labute approximate surface area is 482 Å². The van der Waals surface area contributed by atoms with Crippen LogP contribution in [-0.4, -0.2) is 54.7 Å². The van der Waals surface area contributed by atoms with Gasteiger partial charge in [0.2, 0.25) is 0 Å². The van der Waals surface area contributed by atoms with E-state index >= 15 is 0 Å². The summed E-state index contributed by atoms with van der Waals surface area (Å²) in [6.07, 6.45) is 16.7. The fraction of sp³-hybridized carbons (Fsp3) is 0.441. The summed E-state index contributed by atoms with van der Waals surface area (Å²) in [6.45, 7) is 27.6. The Morgan fingerprint density at radius 1 is 0.400 bits per heavy atom. The van der Waals surface area contributed by atoms with E-state index in [1.807, 2.05) is 118 Å². The van der Waals surface area contributed by atoms with Gasteiger partial charge in [0.05, 0.1) is 40.6 Å². The SMILES string of the molecule is CC1=C(C(C/C(C)=C/C(C/C(C)=C/C=C/C=C(\C)CC(/C=C(\C)CC(C2=C(C)CCCC2(C)C)S(=O)(=O)c2ccc(C)cc2)S(=O)(=O)c2ccc(C)cc2)S(=O)(=O)c2ccc(C)cc2)S(=O)(=O)c2ccc(C)cc2)C(C)(C)CCC1. The van der Waals surface area contributed by atoms with Crippen LogP contribution in [-0.2, 0) is 39.3 Å². The quantitative estimate of drug-likeness (QED) is 0.0560. The number of allylic oxidation sites excluding steroid dienone is 10. The summed E-state index contributed by atoms with van der Waals surface area (Å²) in [5.74, 6) is 0. The van der Waals surface area contributed by atoms with Crippen LogP contribution in [0, 0.1) is 38.5 Å². The zero-order valence-corrected chi connectivity index (χ0v) is 53.2. The third-order valence-corrected chi connectivity index (χ3v) is 24.8. The number of aryl methyl sites for hydroxylation is 4. The lowest BCUT2D eigenvalue weighted by atomic mass is 9.70. The highest BCUT2D eigenvalue weighted by Crippen LogP contribution is 2.48. The van der Waals surface area contributed by atoms with E-state index in [4.69, 9.17) is 0 Å². The average Bonchev–Trinajstić information content (AvgIpc) is 3.56. The second-order valence-electron chi connectivity index (χ2n) is 24.6. The summed E-state index contributed by atoms with van der Waals surface area (Å²) < 4.78 is 118. The Morgan fingerprint density at radius 3 is 0.925 bits per heavy atom. The van der Waals surface area contributed by atoms with Crippen molar-refractivity contribution in [2.45, 2.75) is 202 Å². The molecule has 4 unspecified atom stereocenters. The Balaban J connectivity index is 1.33. The Kier molecular flexibility index (Phi) is 20.8. The molecule has 80 heavy (non-hydrogen) atoms. The van der Waals surface area contributed by atoms with E-state index in [-0.39, 0.29) is 56.1 Å².